The van der Waals surface area contributed by atoms with Crippen LogP contribution in [0.25, 0.3) is 129 Å². The molecule has 8 heteroatoms. The molecule has 0 spiro atoms. The Balaban J connectivity index is 0.938. The lowest BCUT2D eigenvalue weighted by Crippen LogP contribution is -2.36. The Bertz CT molecular complexity index is 6120. The summed E-state index contributed by atoms with van der Waals surface area (Å²) in [4.78, 5) is 32.1. The first-order valence-corrected chi connectivity index (χ1v) is 34.5. The third kappa shape index (κ3) is 9.47. The van der Waals surface area contributed by atoms with Crippen LogP contribution >= 0.6 is 0 Å². The van der Waals surface area contributed by atoms with Crippen molar-refractivity contribution in [3.63, 3.8) is 0 Å². The molecule has 0 N–H and O–H groups in total. The molecule has 2 aliphatic heterocycles. The fourth-order valence-corrected chi connectivity index (χ4v) is 16.2. The van der Waals surface area contributed by atoms with Gasteiger partial charge in [0.25, 0.3) is 0 Å². The van der Waals surface area contributed by atoms with Gasteiger partial charge in [0, 0.05) is 54.9 Å². The average Bonchev–Trinajstić information content (AvgIpc) is 1.43. The number of fused-ring (bicyclic) bond motifs is 10. The maximum absolute atomic E-state index is 6.46. The second-order valence-corrected chi connectivity index (χ2v) is 25.9. The van der Waals surface area contributed by atoms with E-state index in [1.807, 2.05) is 85.8 Å². The Morgan fingerprint density at radius 2 is 0.784 bits per heavy atom. The molecule has 480 valence electrons. The molecule has 0 saturated heterocycles. The molecule has 0 saturated carbocycles. The van der Waals surface area contributed by atoms with Gasteiger partial charge in [-0.1, -0.05) is 279 Å². The van der Waals surface area contributed by atoms with E-state index >= 15 is 0 Å². The minimum Gasteiger partial charge on any atom is -0.309 e. The van der Waals surface area contributed by atoms with Crippen LogP contribution in [0.3, 0.4) is 0 Å². The van der Waals surface area contributed by atoms with E-state index in [0.29, 0.717) is 34.9 Å². The third-order valence-electron chi connectivity index (χ3n) is 20.5. The average molecular weight is 1310 g/mol. The van der Waals surface area contributed by atoms with Crippen molar-refractivity contribution >= 4 is 49.2 Å². The van der Waals surface area contributed by atoms with Gasteiger partial charge >= 0.3 is 0 Å². The van der Waals surface area contributed by atoms with E-state index < -0.39 is 10.8 Å². The molecule has 1 unspecified atom stereocenters. The Hall–Kier alpha value is -13.5. The van der Waals surface area contributed by atoms with Gasteiger partial charge in [0.1, 0.15) is 0 Å². The summed E-state index contributed by atoms with van der Waals surface area (Å²) < 4.78 is 4.96. The topological polar surface area (TPSA) is 87.2 Å². The van der Waals surface area contributed by atoms with Crippen molar-refractivity contribution in [1.82, 2.24) is 39.0 Å². The van der Waals surface area contributed by atoms with Crippen LogP contribution in [0.4, 0.5) is 0 Å². The molecule has 0 bridgehead atoms. The van der Waals surface area contributed by atoms with Crippen molar-refractivity contribution < 1.29 is 0 Å². The fraction of sp³-hybridized carbons (Fsp3) is 0.0426. The Kier molecular flexibility index (Phi) is 14.8. The summed E-state index contributed by atoms with van der Waals surface area (Å²) in [5.41, 5.74) is 20.8. The molecule has 0 radical (unpaired) electrons. The summed E-state index contributed by atoms with van der Waals surface area (Å²) >= 11 is 0. The Labute approximate surface area is 591 Å². The van der Waals surface area contributed by atoms with Gasteiger partial charge in [0.2, 0.25) is 0 Å². The van der Waals surface area contributed by atoms with E-state index in [1.54, 1.807) is 6.08 Å². The quantitative estimate of drug-likeness (QED) is 0.0796. The lowest BCUT2D eigenvalue weighted by atomic mass is 9.62. The molecular formula is C94H64N8. The molecule has 16 aromatic rings. The standard InChI is InChI=1S/C94H64N8/c1-5-9-34-61(8-4)87-95-88(62-35-16-10-17-36-62)98-91(96-87)67-57-76-74-56-66(52-54-82(74)102-84-50-31-29-48-78(84)94(80(60-67)86(76)102,71-43-24-14-25-44-71)72-45-26-15-27-46-72)65-51-53-81-73(55-65)75-58-68(92-99-89(63-37-18-11-19-38-63)97-90(100-92)64-39-20-12-21-40-64)59-79-85(75)101(81)83-49-30-28-47-77(83)93(79,69(32-6-2)33-7-3)70-41-22-13-23-42-70/h2,5,7-60H,1H2,3-4H3. The third-order valence-corrected chi connectivity index (χ3v) is 20.5. The summed E-state index contributed by atoms with van der Waals surface area (Å²) in [6.07, 6.45) is 20.4. The van der Waals surface area contributed by atoms with Crippen LogP contribution in [-0.4, -0.2) is 39.0 Å². The molecule has 1 atom stereocenters. The lowest BCUT2D eigenvalue weighted by molar-refractivity contribution is 0.727. The highest BCUT2D eigenvalue weighted by atomic mass is 15.1. The van der Waals surface area contributed by atoms with Gasteiger partial charge in [0.15, 0.2) is 34.9 Å². The monoisotopic (exact) mass is 1300 g/mol. The molecular weight excluding hydrogens is 1240 g/mol. The van der Waals surface area contributed by atoms with Crippen LogP contribution in [0, 0.1) is 12.3 Å². The number of rotatable bonds is 14. The first-order valence-electron chi connectivity index (χ1n) is 34.5. The van der Waals surface area contributed by atoms with Crippen LogP contribution in [-0.2, 0) is 10.8 Å². The van der Waals surface area contributed by atoms with E-state index in [0.717, 1.165) is 144 Å². The number of nitrogens with zero attached hydrogens (tertiary/aromatic N) is 8. The first kappa shape index (κ1) is 60.9. The van der Waals surface area contributed by atoms with E-state index in [9.17, 15) is 0 Å². The molecule has 12 aromatic carbocycles. The lowest BCUT2D eigenvalue weighted by Gasteiger charge is -2.42. The zero-order chi connectivity index (χ0) is 68.5. The van der Waals surface area contributed by atoms with Crippen LogP contribution in [0.15, 0.2) is 346 Å². The van der Waals surface area contributed by atoms with Gasteiger partial charge in [-0.2, -0.15) is 0 Å². The second-order valence-electron chi connectivity index (χ2n) is 25.9. The smallest absolute Gasteiger partial charge is 0.164 e. The summed E-state index contributed by atoms with van der Waals surface area (Å²) in [5, 5.41) is 4.26. The maximum Gasteiger partial charge on any atom is 0.164 e. The zero-order valence-corrected chi connectivity index (χ0v) is 56.1. The van der Waals surface area contributed by atoms with Gasteiger partial charge in [-0.3, -0.25) is 0 Å². The van der Waals surface area contributed by atoms with Crippen LogP contribution in [0.5, 0.6) is 0 Å². The fourth-order valence-electron chi connectivity index (χ4n) is 16.2. The summed E-state index contributed by atoms with van der Waals surface area (Å²) in [6.45, 7) is 8.07. The van der Waals surface area contributed by atoms with Gasteiger partial charge in [0.05, 0.1) is 44.3 Å². The minimum absolute atomic E-state index is 0.548. The van der Waals surface area contributed by atoms with E-state index in [4.69, 9.17) is 36.3 Å². The van der Waals surface area contributed by atoms with Crippen molar-refractivity contribution in [1.29, 1.82) is 0 Å². The minimum atomic E-state index is -0.919. The van der Waals surface area contributed by atoms with Crippen molar-refractivity contribution in [3.05, 3.63) is 391 Å². The van der Waals surface area contributed by atoms with E-state index in [-0.39, 0.29) is 0 Å². The van der Waals surface area contributed by atoms with Crippen LogP contribution in [0.1, 0.15) is 58.6 Å². The highest BCUT2D eigenvalue weighted by Crippen LogP contribution is 2.58. The predicted octanol–water partition coefficient (Wildman–Crippen LogP) is 21.9. The van der Waals surface area contributed by atoms with Gasteiger partial charge in [-0.25, -0.2) is 29.9 Å². The van der Waals surface area contributed by atoms with Crippen molar-refractivity contribution in [3.8, 4) is 91.8 Å². The predicted molar refractivity (Wildman–Crippen MR) is 417 cm³/mol. The molecule has 4 aromatic heterocycles. The second kappa shape index (κ2) is 24.8. The van der Waals surface area contributed by atoms with Crippen molar-refractivity contribution in [2.24, 2.45) is 0 Å². The van der Waals surface area contributed by atoms with Gasteiger partial charge < -0.3 is 9.13 Å². The molecule has 6 heterocycles. The maximum atomic E-state index is 6.46. The van der Waals surface area contributed by atoms with E-state index in [1.165, 1.54) is 0 Å². The SMILES string of the molecule is C#CC=C(C=CC)C1(c2ccccc2)c2ccccc2-n2c3ccc(-c4ccc5c(c4)c4cc(-c6nc(C(C=CC=C)=CC)nc(-c7ccccc7)n6)cc6c4n5-c4ccccc4C6(c4ccccc4)c4ccccc4)cc3c3cc(-c4nc(-c5ccccc5)nc(-c5ccccc5)n4)cc1c32. The zero-order valence-electron chi connectivity index (χ0n) is 56.1. The van der Waals surface area contributed by atoms with Crippen molar-refractivity contribution in [2.75, 3.05) is 0 Å². The molecule has 8 nitrogen and oxygen atoms in total. The molecule has 2 aliphatic rings. The Morgan fingerprint density at radius 1 is 0.382 bits per heavy atom. The molecule has 0 fully saturated rings. The molecule has 0 amide bonds. The number of hydrogen-bond donors (Lipinski definition) is 0. The Morgan fingerprint density at radius 3 is 1.26 bits per heavy atom. The molecule has 102 heavy (non-hydrogen) atoms. The highest BCUT2D eigenvalue weighted by Gasteiger charge is 2.48. The van der Waals surface area contributed by atoms with Crippen molar-refractivity contribution in [2.45, 2.75) is 24.7 Å². The van der Waals surface area contributed by atoms with Gasteiger partial charge in [-0.15, -0.1) is 6.42 Å². The van der Waals surface area contributed by atoms with E-state index in [2.05, 4.69) is 277 Å². The summed E-state index contributed by atoms with van der Waals surface area (Å²) in [7, 11) is 0. The number of aromatic nitrogens is 8. The highest BCUT2D eigenvalue weighted by molar-refractivity contribution is 6.17. The van der Waals surface area contributed by atoms with Crippen LogP contribution in [0.2, 0.25) is 0 Å². The summed E-state index contributed by atoms with van der Waals surface area (Å²) in [6, 6.07) is 104. The largest absolute Gasteiger partial charge is 0.309 e. The summed E-state index contributed by atoms with van der Waals surface area (Å²) in [5.74, 6) is 6.40. The number of hydrogen-bond acceptors (Lipinski definition) is 6. The normalized spacial score (nSPS) is 14.6. The van der Waals surface area contributed by atoms with Gasteiger partial charge in [-0.05, 0) is 136 Å². The number of para-hydroxylation sites is 2. The number of allylic oxidation sites excluding steroid dienone is 9. The van der Waals surface area contributed by atoms with Crippen LogP contribution < -0.4 is 0 Å². The first-order chi connectivity index (χ1) is 50.4. The molecule has 0 aliphatic carbocycles. The molecule has 18 rings (SSSR count). The number of benzene rings is 12. The number of terminal acetylenes is 1.